The van der Waals surface area contributed by atoms with E-state index in [0.29, 0.717) is 19.4 Å². The van der Waals surface area contributed by atoms with E-state index in [-0.39, 0.29) is 30.2 Å². The number of carbonyl (C=O) groups excluding carboxylic acids is 1. The van der Waals surface area contributed by atoms with Gasteiger partial charge in [0.05, 0.1) is 18.2 Å². The van der Waals surface area contributed by atoms with Crippen molar-refractivity contribution in [3.8, 4) is 0 Å². The summed E-state index contributed by atoms with van der Waals surface area (Å²) in [7, 11) is -3.26. The summed E-state index contributed by atoms with van der Waals surface area (Å²) in [4.78, 5) is 12.5. The number of fused-ring (bicyclic) bond motifs is 1. The Kier molecular flexibility index (Phi) is 4.42. The van der Waals surface area contributed by atoms with Crippen LogP contribution in [0.2, 0.25) is 0 Å². The van der Waals surface area contributed by atoms with Gasteiger partial charge in [-0.2, -0.15) is 0 Å². The number of carbonyl (C=O) groups is 1. The average molecular weight is 340 g/mol. The lowest BCUT2D eigenvalue weighted by Crippen LogP contribution is -2.45. The molecule has 5 nitrogen and oxygen atoms in total. The van der Waals surface area contributed by atoms with Gasteiger partial charge >= 0.3 is 0 Å². The number of halogens is 1. The summed E-state index contributed by atoms with van der Waals surface area (Å²) in [5.41, 5.74) is 1.91. The van der Waals surface area contributed by atoms with Crippen LogP contribution in [0.4, 0.5) is 4.39 Å². The number of benzene rings is 1. The number of nitrogens with one attached hydrogen (secondary N) is 1. The maximum Gasteiger partial charge on any atom is 0.224 e. The van der Waals surface area contributed by atoms with Crippen molar-refractivity contribution in [2.45, 2.75) is 31.7 Å². The highest BCUT2D eigenvalue weighted by Crippen LogP contribution is 2.32. The molecule has 0 aromatic heterocycles. The highest BCUT2D eigenvalue weighted by molar-refractivity contribution is 7.88. The van der Waals surface area contributed by atoms with Gasteiger partial charge in [0.2, 0.25) is 15.9 Å². The fourth-order valence-electron chi connectivity index (χ4n) is 3.48. The molecule has 0 bridgehead atoms. The molecule has 1 heterocycles. The first-order chi connectivity index (χ1) is 10.8. The van der Waals surface area contributed by atoms with Gasteiger partial charge in [-0.3, -0.25) is 4.79 Å². The number of hydrogen-bond acceptors (Lipinski definition) is 3. The van der Waals surface area contributed by atoms with Crippen LogP contribution in [-0.4, -0.2) is 38.0 Å². The molecule has 1 aromatic carbocycles. The maximum atomic E-state index is 13.2. The van der Waals surface area contributed by atoms with Gasteiger partial charge in [0.25, 0.3) is 0 Å². The van der Waals surface area contributed by atoms with Gasteiger partial charge in [-0.05, 0) is 48.9 Å². The topological polar surface area (TPSA) is 66.5 Å². The van der Waals surface area contributed by atoms with E-state index in [4.69, 9.17) is 0 Å². The molecule has 1 aromatic rings. The lowest BCUT2D eigenvalue weighted by atomic mass is 9.98. The van der Waals surface area contributed by atoms with Gasteiger partial charge in [0.1, 0.15) is 5.82 Å². The third-order valence-corrected chi connectivity index (χ3v) is 5.99. The zero-order chi connectivity index (χ0) is 16.6. The van der Waals surface area contributed by atoms with E-state index in [2.05, 4.69) is 5.32 Å². The van der Waals surface area contributed by atoms with Crippen molar-refractivity contribution in [1.29, 1.82) is 0 Å². The number of aryl methyl sites for hydroxylation is 1. The molecule has 1 aliphatic heterocycles. The molecule has 3 rings (SSSR count). The van der Waals surface area contributed by atoms with Gasteiger partial charge in [-0.15, -0.1) is 0 Å². The van der Waals surface area contributed by atoms with Gasteiger partial charge < -0.3 is 5.32 Å². The van der Waals surface area contributed by atoms with E-state index in [1.54, 1.807) is 6.07 Å². The smallest absolute Gasteiger partial charge is 0.224 e. The monoisotopic (exact) mass is 340 g/mol. The van der Waals surface area contributed by atoms with Crippen molar-refractivity contribution in [3.05, 3.63) is 35.1 Å². The van der Waals surface area contributed by atoms with Crippen LogP contribution >= 0.6 is 0 Å². The van der Waals surface area contributed by atoms with Crippen LogP contribution in [0.1, 0.15) is 36.4 Å². The Morgan fingerprint density at radius 3 is 2.87 bits per heavy atom. The van der Waals surface area contributed by atoms with Gasteiger partial charge in [-0.1, -0.05) is 6.07 Å². The predicted molar refractivity (Wildman–Crippen MR) is 84.7 cm³/mol. The minimum Gasteiger partial charge on any atom is -0.349 e. The summed E-state index contributed by atoms with van der Waals surface area (Å²) in [6, 6.07) is 4.56. The minimum absolute atomic E-state index is 0.105. The van der Waals surface area contributed by atoms with E-state index in [0.717, 1.165) is 24.0 Å². The second-order valence-electron chi connectivity index (χ2n) is 6.40. The normalized spacial score (nSPS) is 25.1. The highest BCUT2D eigenvalue weighted by Gasteiger charge is 2.32. The zero-order valence-electron chi connectivity index (χ0n) is 13.1. The standard InChI is InChI=1S/C16H21FN2O3S/c1-23(21,22)19-8-2-3-12(10-19)16(20)18-15-7-4-11-9-13(17)5-6-14(11)15/h5-6,9,12,15H,2-4,7-8,10H2,1H3,(H,18,20)/t12-,15-/m1/s1. The first-order valence-electron chi connectivity index (χ1n) is 7.88. The predicted octanol–water partition coefficient (Wildman–Crippen LogP) is 1.60. The van der Waals surface area contributed by atoms with E-state index in [1.807, 2.05) is 0 Å². The number of rotatable bonds is 3. The first-order valence-corrected chi connectivity index (χ1v) is 9.73. The van der Waals surface area contributed by atoms with Crippen LogP contribution in [-0.2, 0) is 21.2 Å². The molecule has 0 radical (unpaired) electrons. The Morgan fingerprint density at radius 1 is 1.35 bits per heavy atom. The number of piperidine rings is 1. The Balaban J connectivity index is 1.67. The molecule has 2 atom stereocenters. The van der Waals surface area contributed by atoms with Crippen LogP contribution in [0.15, 0.2) is 18.2 Å². The molecule has 2 aliphatic rings. The van der Waals surface area contributed by atoms with Crippen molar-refractivity contribution < 1.29 is 17.6 Å². The molecule has 1 amide bonds. The summed E-state index contributed by atoms with van der Waals surface area (Å²) < 4.78 is 37.9. The van der Waals surface area contributed by atoms with Crippen molar-refractivity contribution in [1.82, 2.24) is 9.62 Å². The molecule has 0 spiro atoms. The summed E-state index contributed by atoms with van der Waals surface area (Å²) >= 11 is 0. The van der Waals surface area contributed by atoms with E-state index in [9.17, 15) is 17.6 Å². The van der Waals surface area contributed by atoms with Crippen molar-refractivity contribution in [3.63, 3.8) is 0 Å². The zero-order valence-corrected chi connectivity index (χ0v) is 13.9. The van der Waals surface area contributed by atoms with Crippen LogP contribution in [0, 0.1) is 11.7 Å². The number of nitrogens with zero attached hydrogens (tertiary/aromatic N) is 1. The lowest BCUT2D eigenvalue weighted by molar-refractivity contribution is -0.126. The Morgan fingerprint density at radius 2 is 2.13 bits per heavy atom. The molecule has 1 aliphatic carbocycles. The molecule has 1 fully saturated rings. The van der Waals surface area contributed by atoms with Gasteiger partial charge in [-0.25, -0.2) is 17.1 Å². The summed E-state index contributed by atoms with van der Waals surface area (Å²) in [5.74, 6) is -0.685. The molecule has 1 saturated heterocycles. The van der Waals surface area contributed by atoms with Crippen LogP contribution < -0.4 is 5.32 Å². The highest BCUT2D eigenvalue weighted by atomic mass is 32.2. The summed E-state index contributed by atoms with van der Waals surface area (Å²) in [6.07, 6.45) is 4.07. The second-order valence-corrected chi connectivity index (χ2v) is 8.39. The third kappa shape index (κ3) is 3.55. The number of hydrogen-bond donors (Lipinski definition) is 1. The van der Waals surface area contributed by atoms with Crippen molar-refractivity contribution in [2.24, 2.45) is 5.92 Å². The first kappa shape index (κ1) is 16.4. The van der Waals surface area contributed by atoms with E-state index < -0.39 is 10.0 Å². The molecule has 0 unspecified atom stereocenters. The average Bonchev–Trinajstić information content (AvgIpc) is 2.88. The third-order valence-electron chi connectivity index (χ3n) is 4.72. The maximum absolute atomic E-state index is 13.2. The fraction of sp³-hybridized carbons (Fsp3) is 0.562. The SMILES string of the molecule is CS(=O)(=O)N1CCC[C@@H](C(=O)N[C@@H]2CCc3cc(F)ccc32)C1. The molecular weight excluding hydrogens is 319 g/mol. The Labute approximate surface area is 135 Å². The van der Waals surface area contributed by atoms with Gasteiger partial charge in [0.15, 0.2) is 0 Å². The molecule has 23 heavy (non-hydrogen) atoms. The fourth-order valence-corrected chi connectivity index (χ4v) is 4.39. The largest absolute Gasteiger partial charge is 0.349 e. The Bertz CT molecular complexity index is 720. The van der Waals surface area contributed by atoms with Crippen LogP contribution in [0.5, 0.6) is 0 Å². The molecule has 1 N–H and O–H groups in total. The van der Waals surface area contributed by atoms with Crippen LogP contribution in [0.25, 0.3) is 0 Å². The molecule has 7 heteroatoms. The molecule has 126 valence electrons. The summed E-state index contributed by atoms with van der Waals surface area (Å²) in [6.45, 7) is 0.724. The Hall–Kier alpha value is -1.47. The number of sulfonamides is 1. The molecule has 0 saturated carbocycles. The molecular formula is C16H21FN2O3S. The second kappa shape index (κ2) is 6.20. The minimum atomic E-state index is -3.26. The number of amides is 1. The van der Waals surface area contributed by atoms with E-state index in [1.165, 1.54) is 22.7 Å². The van der Waals surface area contributed by atoms with Gasteiger partial charge in [0, 0.05) is 13.1 Å². The summed E-state index contributed by atoms with van der Waals surface area (Å²) in [5, 5.41) is 3.01. The quantitative estimate of drug-likeness (QED) is 0.909. The van der Waals surface area contributed by atoms with Crippen molar-refractivity contribution in [2.75, 3.05) is 19.3 Å². The lowest BCUT2D eigenvalue weighted by Gasteiger charge is -2.31. The van der Waals surface area contributed by atoms with Crippen LogP contribution in [0.3, 0.4) is 0 Å². The van der Waals surface area contributed by atoms with E-state index >= 15 is 0 Å². The van der Waals surface area contributed by atoms with Crippen molar-refractivity contribution >= 4 is 15.9 Å².